The number of methoxy groups -OCH3 is 2. The average molecular weight is 450 g/mol. The molecule has 0 atom stereocenters. The lowest BCUT2D eigenvalue weighted by molar-refractivity contribution is -0.121. The second-order valence-corrected chi connectivity index (χ2v) is 7.56. The van der Waals surface area contributed by atoms with Crippen LogP contribution in [0.5, 0.6) is 11.5 Å². The van der Waals surface area contributed by atoms with Crippen LogP contribution in [0.1, 0.15) is 11.1 Å². The lowest BCUT2D eigenvalue weighted by atomic mass is 10.1. The van der Waals surface area contributed by atoms with Crippen LogP contribution in [0.4, 0.5) is 9.18 Å². The molecule has 1 saturated heterocycles. The van der Waals surface area contributed by atoms with Crippen LogP contribution in [-0.4, -0.2) is 62.1 Å². The zero-order valence-electron chi connectivity index (χ0n) is 17.5. The van der Waals surface area contributed by atoms with Gasteiger partial charge in [0.2, 0.25) is 5.91 Å². The van der Waals surface area contributed by atoms with E-state index in [1.54, 1.807) is 25.2 Å². The highest BCUT2D eigenvalue weighted by Gasteiger charge is 2.30. The zero-order chi connectivity index (χ0) is 22.4. The molecule has 1 heterocycles. The normalized spacial score (nSPS) is 13.5. The minimum atomic E-state index is -0.423. The van der Waals surface area contributed by atoms with Gasteiger partial charge in [0.15, 0.2) is 11.5 Å². The molecule has 0 aliphatic carbocycles. The number of nitrogens with zero attached hydrogens (tertiary/aromatic N) is 2. The maximum absolute atomic E-state index is 13.2. The first-order valence-electron chi connectivity index (χ1n) is 9.86. The van der Waals surface area contributed by atoms with E-state index >= 15 is 0 Å². The first kappa shape index (κ1) is 22.7. The summed E-state index contributed by atoms with van der Waals surface area (Å²) in [5, 5.41) is 3.12. The lowest BCUT2D eigenvalue weighted by Crippen LogP contribution is -2.40. The molecule has 0 unspecified atom stereocenters. The first-order chi connectivity index (χ1) is 14.9. The van der Waals surface area contributed by atoms with Crippen molar-refractivity contribution in [2.45, 2.75) is 13.0 Å². The average Bonchev–Trinajstić information content (AvgIpc) is 3.09. The fourth-order valence-electron chi connectivity index (χ4n) is 3.39. The third-order valence-electron chi connectivity index (χ3n) is 5.08. The Kier molecular flexibility index (Phi) is 7.57. The summed E-state index contributed by atoms with van der Waals surface area (Å²) in [6, 6.07) is 9.46. The highest BCUT2D eigenvalue weighted by molar-refractivity contribution is 6.31. The van der Waals surface area contributed by atoms with Crippen LogP contribution >= 0.6 is 11.6 Å². The number of hydrogen-bond acceptors (Lipinski definition) is 4. The van der Waals surface area contributed by atoms with Crippen LogP contribution in [0.2, 0.25) is 5.02 Å². The van der Waals surface area contributed by atoms with Crippen molar-refractivity contribution in [3.8, 4) is 11.5 Å². The van der Waals surface area contributed by atoms with E-state index in [1.165, 1.54) is 17.0 Å². The molecule has 1 aliphatic rings. The van der Waals surface area contributed by atoms with Gasteiger partial charge >= 0.3 is 6.03 Å². The smallest absolute Gasteiger partial charge is 0.320 e. The van der Waals surface area contributed by atoms with Gasteiger partial charge in [0.25, 0.3) is 0 Å². The Morgan fingerprint density at radius 3 is 2.55 bits per heavy atom. The van der Waals surface area contributed by atoms with Crippen molar-refractivity contribution >= 4 is 23.5 Å². The first-order valence-corrected chi connectivity index (χ1v) is 10.2. The van der Waals surface area contributed by atoms with E-state index in [1.807, 2.05) is 18.2 Å². The lowest BCUT2D eigenvalue weighted by Gasteiger charge is -2.19. The second-order valence-electron chi connectivity index (χ2n) is 7.15. The van der Waals surface area contributed by atoms with Crippen LogP contribution in [0.15, 0.2) is 36.4 Å². The second kappa shape index (κ2) is 10.3. The molecular weight excluding hydrogens is 425 g/mol. The van der Waals surface area contributed by atoms with Crippen molar-refractivity contribution in [1.82, 2.24) is 15.1 Å². The molecule has 2 aromatic rings. The highest BCUT2D eigenvalue weighted by atomic mass is 35.5. The number of nitrogens with one attached hydrogen (secondary N) is 1. The monoisotopic (exact) mass is 449 g/mol. The molecule has 31 heavy (non-hydrogen) atoms. The van der Waals surface area contributed by atoms with Crippen LogP contribution in [0.25, 0.3) is 0 Å². The molecule has 0 spiro atoms. The summed E-state index contributed by atoms with van der Waals surface area (Å²) in [4.78, 5) is 27.9. The number of halogens is 2. The van der Waals surface area contributed by atoms with Crippen LogP contribution in [-0.2, 0) is 17.8 Å². The van der Waals surface area contributed by atoms with E-state index in [-0.39, 0.29) is 30.1 Å². The van der Waals surface area contributed by atoms with E-state index in [2.05, 4.69) is 5.32 Å². The molecule has 3 rings (SSSR count). The Labute approximate surface area is 185 Å². The molecule has 0 saturated carbocycles. The van der Waals surface area contributed by atoms with Gasteiger partial charge in [-0.1, -0.05) is 23.7 Å². The maximum Gasteiger partial charge on any atom is 0.320 e. The number of rotatable bonds is 9. The third kappa shape index (κ3) is 5.79. The number of carbonyl (C=O) groups is 2. The number of urea groups is 1. The summed E-state index contributed by atoms with van der Waals surface area (Å²) in [5.41, 5.74) is 1.66. The summed E-state index contributed by atoms with van der Waals surface area (Å²) in [6.07, 6.45) is 0.620. The van der Waals surface area contributed by atoms with Crippen LogP contribution in [0.3, 0.4) is 0 Å². The minimum Gasteiger partial charge on any atom is -0.493 e. The van der Waals surface area contributed by atoms with Gasteiger partial charge in [-0.3, -0.25) is 4.79 Å². The molecule has 1 fully saturated rings. The van der Waals surface area contributed by atoms with Gasteiger partial charge in [0, 0.05) is 31.2 Å². The SMILES string of the molecule is COc1ccc(CCNC(=O)CN2CCN(Cc3ccc(F)cc3Cl)C2=O)cc1OC. The number of ether oxygens (including phenoxy) is 2. The van der Waals surface area contributed by atoms with Crippen molar-refractivity contribution in [2.75, 3.05) is 40.4 Å². The molecule has 0 aromatic heterocycles. The molecule has 0 radical (unpaired) electrons. The Balaban J connectivity index is 1.46. The van der Waals surface area contributed by atoms with Crippen molar-refractivity contribution in [1.29, 1.82) is 0 Å². The van der Waals surface area contributed by atoms with Crippen molar-refractivity contribution < 1.29 is 23.5 Å². The molecular formula is C22H25ClFN3O4. The number of carbonyl (C=O) groups excluding carboxylic acids is 2. The van der Waals surface area contributed by atoms with E-state index in [4.69, 9.17) is 21.1 Å². The van der Waals surface area contributed by atoms with Crippen molar-refractivity contribution in [3.05, 3.63) is 58.4 Å². The predicted molar refractivity (Wildman–Crippen MR) is 115 cm³/mol. The Hall–Kier alpha value is -3.00. The molecule has 0 bridgehead atoms. The molecule has 1 aliphatic heterocycles. The van der Waals surface area contributed by atoms with Crippen LogP contribution < -0.4 is 14.8 Å². The van der Waals surface area contributed by atoms with E-state index in [9.17, 15) is 14.0 Å². The third-order valence-corrected chi connectivity index (χ3v) is 5.43. The van der Waals surface area contributed by atoms with Gasteiger partial charge < -0.3 is 24.6 Å². The van der Waals surface area contributed by atoms with Crippen molar-refractivity contribution in [3.63, 3.8) is 0 Å². The number of benzene rings is 2. The topological polar surface area (TPSA) is 71.1 Å². The summed E-state index contributed by atoms with van der Waals surface area (Å²) in [7, 11) is 3.15. The Morgan fingerprint density at radius 1 is 1.10 bits per heavy atom. The van der Waals surface area contributed by atoms with Gasteiger partial charge in [-0.05, 0) is 41.8 Å². The maximum atomic E-state index is 13.2. The zero-order valence-corrected chi connectivity index (χ0v) is 18.2. The summed E-state index contributed by atoms with van der Waals surface area (Å²) >= 11 is 6.05. The van der Waals surface area contributed by atoms with Gasteiger partial charge in [-0.25, -0.2) is 9.18 Å². The summed E-state index contributed by atoms with van der Waals surface area (Å²) < 4.78 is 23.7. The fraction of sp³-hybridized carbons (Fsp3) is 0.364. The molecule has 3 amide bonds. The van der Waals surface area contributed by atoms with Crippen molar-refractivity contribution in [2.24, 2.45) is 0 Å². The van der Waals surface area contributed by atoms with Gasteiger partial charge in [-0.2, -0.15) is 0 Å². The van der Waals surface area contributed by atoms with Gasteiger partial charge in [0.05, 0.1) is 14.2 Å². The summed E-state index contributed by atoms with van der Waals surface area (Å²) in [5.74, 6) is 0.632. The van der Waals surface area contributed by atoms with Gasteiger partial charge in [0.1, 0.15) is 12.4 Å². The Bertz CT molecular complexity index is 956. The number of hydrogen-bond donors (Lipinski definition) is 1. The predicted octanol–water partition coefficient (Wildman–Crippen LogP) is 3.09. The van der Waals surface area contributed by atoms with Gasteiger partial charge in [-0.15, -0.1) is 0 Å². The van der Waals surface area contributed by atoms with E-state index < -0.39 is 5.82 Å². The largest absolute Gasteiger partial charge is 0.493 e. The van der Waals surface area contributed by atoms with E-state index in [0.717, 1.165) is 5.56 Å². The quantitative estimate of drug-likeness (QED) is 0.638. The Morgan fingerprint density at radius 2 is 1.84 bits per heavy atom. The van der Waals surface area contributed by atoms with Crippen LogP contribution in [0, 0.1) is 5.82 Å². The molecule has 9 heteroatoms. The molecule has 1 N–H and O–H groups in total. The minimum absolute atomic E-state index is 0.0155. The molecule has 7 nitrogen and oxygen atoms in total. The number of amides is 3. The van der Waals surface area contributed by atoms with E-state index in [0.29, 0.717) is 43.1 Å². The molecule has 2 aromatic carbocycles. The molecule has 166 valence electrons. The standard InChI is InChI=1S/C22H25ClFN3O4/c1-30-19-6-3-15(11-20(19)31-2)7-8-25-21(28)14-27-10-9-26(22(27)29)13-16-4-5-17(24)12-18(16)23/h3-6,11-12H,7-10,13-14H2,1-2H3,(H,25,28). The summed E-state index contributed by atoms with van der Waals surface area (Å²) in [6.45, 7) is 1.62. The highest BCUT2D eigenvalue weighted by Crippen LogP contribution is 2.27. The fourth-order valence-corrected chi connectivity index (χ4v) is 3.62.